The molecule has 4 rings (SSSR count). The van der Waals surface area contributed by atoms with E-state index in [0.717, 1.165) is 39.4 Å². The minimum absolute atomic E-state index is 0.0827. The van der Waals surface area contributed by atoms with Gasteiger partial charge in [0.15, 0.2) is 0 Å². The van der Waals surface area contributed by atoms with Gasteiger partial charge in [-0.3, -0.25) is 13.9 Å². The molecule has 8 heteroatoms. The Kier molecular flexibility index (Phi) is 12.1. The van der Waals surface area contributed by atoms with Crippen LogP contribution < -0.4 is 9.62 Å². The smallest absolute Gasteiger partial charge is 0.264 e. The third kappa shape index (κ3) is 8.85. The maximum Gasteiger partial charge on any atom is 0.264 e. The fraction of sp³-hybridized carbons (Fsp3) is 0.316. The largest absolute Gasteiger partial charge is 0.354 e. The van der Waals surface area contributed by atoms with Crippen LogP contribution in [0.5, 0.6) is 0 Å². The summed E-state index contributed by atoms with van der Waals surface area (Å²) in [7, 11) is -4.13. The number of amides is 2. The molecule has 0 bridgehead atoms. The van der Waals surface area contributed by atoms with Crippen molar-refractivity contribution in [3.63, 3.8) is 0 Å². The number of hydrogen-bond acceptors (Lipinski definition) is 4. The van der Waals surface area contributed by atoms with Crippen LogP contribution in [-0.2, 0) is 32.6 Å². The first-order valence-corrected chi connectivity index (χ1v) is 17.4. The number of nitrogens with zero attached hydrogens (tertiary/aromatic N) is 2. The van der Waals surface area contributed by atoms with Gasteiger partial charge < -0.3 is 10.2 Å². The Labute approximate surface area is 274 Å². The fourth-order valence-electron chi connectivity index (χ4n) is 5.31. The Morgan fingerprint density at radius 2 is 1.41 bits per heavy atom. The number of nitrogens with one attached hydrogen (secondary N) is 1. The van der Waals surface area contributed by atoms with Gasteiger partial charge in [0.1, 0.15) is 12.6 Å². The van der Waals surface area contributed by atoms with Gasteiger partial charge in [-0.2, -0.15) is 0 Å². The molecule has 0 aliphatic carbocycles. The molecule has 0 heterocycles. The number of aryl methyl sites for hydroxylation is 1. The lowest BCUT2D eigenvalue weighted by Gasteiger charge is -2.34. The highest BCUT2D eigenvalue weighted by Crippen LogP contribution is 2.27. The quantitative estimate of drug-likeness (QED) is 0.144. The number of rotatable bonds is 15. The summed E-state index contributed by atoms with van der Waals surface area (Å²) in [5.74, 6) is -0.482. The van der Waals surface area contributed by atoms with Crippen LogP contribution in [0.25, 0.3) is 0 Å². The number of anilines is 1. The zero-order valence-corrected chi connectivity index (χ0v) is 28.0. The van der Waals surface area contributed by atoms with Crippen LogP contribution in [0.2, 0.25) is 0 Å². The molecule has 0 aliphatic heterocycles. The molecule has 0 aliphatic rings. The lowest BCUT2D eigenvalue weighted by Crippen LogP contribution is -2.53. The first-order chi connectivity index (χ1) is 22.1. The molecule has 0 saturated heterocycles. The topological polar surface area (TPSA) is 86.8 Å². The number of carbonyl (C=O) groups excluding carboxylic acids is 2. The van der Waals surface area contributed by atoms with E-state index in [1.807, 2.05) is 73.7 Å². The van der Waals surface area contributed by atoms with Crippen LogP contribution in [-0.4, -0.2) is 44.3 Å². The van der Waals surface area contributed by atoms with Crippen molar-refractivity contribution in [2.24, 2.45) is 0 Å². The SMILES string of the molecule is CCCCNC(=O)C(Cc1ccccc1)N(Cc1ccccc1C)C(=O)CN(c1ccc(C(C)C)cc1)S(=O)(=O)c1ccccc1. The lowest BCUT2D eigenvalue weighted by atomic mass is 10.0. The van der Waals surface area contributed by atoms with Crippen molar-refractivity contribution in [1.82, 2.24) is 10.2 Å². The second kappa shape index (κ2) is 16.2. The van der Waals surface area contributed by atoms with Crippen molar-refractivity contribution in [3.8, 4) is 0 Å². The molecular formula is C38H45N3O4S. The summed E-state index contributed by atoms with van der Waals surface area (Å²) < 4.78 is 29.5. The first kappa shape index (κ1) is 34.4. The zero-order chi connectivity index (χ0) is 33.1. The maximum atomic E-state index is 14.6. The van der Waals surface area contributed by atoms with Gasteiger partial charge in [-0.15, -0.1) is 0 Å². The minimum Gasteiger partial charge on any atom is -0.354 e. The van der Waals surface area contributed by atoms with Crippen LogP contribution in [0.1, 0.15) is 61.8 Å². The van der Waals surface area contributed by atoms with Crippen molar-refractivity contribution in [2.45, 2.75) is 70.4 Å². The molecule has 0 radical (unpaired) electrons. The Bertz CT molecular complexity index is 1670. The van der Waals surface area contributed by atoms with Crippen molar-refractivity contribution >= 4 is 27.5 Å². The van der Waals surface area contributed by atoms with E-state index in [1.54, 1.807) is 35.2 Å². The molecule has 242 valence electrons. The summed E-state index contributed by atoms with van der Waals surface area (Å²) in [5, 5.41) is 3.03. The summed E-state index contributed by atoms with van der Waals surface area (Å²) in [6.07, 6.45) is 2.01. The molecule has 4 aromatic rings. The van der Waals surface area contributed by atoms with Crippen molar-refractivity contribution < 1.29 is 18.0 Å². The summed E-state index contributed by atoms with van der Waals surface area (Å²) in [6, 6.07) is 31.9. The molecular weight excluding hydrogens is 595 g/mol. The van der Waals surface area contributed by atoms with Gasteiger partial charge in [-0.25, -0.2) is 8.42 Å². The van der Waals surface area contributed by atoms with Gasteiger partial charge in [0.05, 0.1) is 10.6 Å². The second-order valence-corrected chi connectivity index (χ2v) is 13.7. The number of benzene rings is 4. The van der Waals surface area contributed by atoms with Crippen LogP contribution in [0.4, 0.5) is 5.69 Å². The number of unbranched alkanes of at least 4 members (excludes halogenated alkanes) is 1. The Morgan fingerprint density at radius 3 is 2.02 bits per heavy atom. The van der Waals surface area contributed by atoms with E-state index < -0.39 is 28.5 Å². The highest BCUT2D eigenvalue weighted by atomic mass is 32.2. The Balaban J connectivity index is 1.80. The predicted molar refractivity (Wildman–Crippen MR) is 185 cm³/mol. The molecule has 4 aromatic carbocycles. The minimum atomic E-state index is -4.13. The number of carbonyl (C=O) groups is 2. The maximum absolute atomic E-state index is 14.6. The molecule has 1 unspecified atom stereocenters. The highest BCUT2D eigenvalue weighted by molar-refractivity contribution is 7.92. The molecule has 0 aromatic heterocycles. The highest BCUT2D eigenvalue weighted by Gasteiger charge is 2.34. The van der Waals surface area contributed by atoms with Crippen LogP contribution in [0.3, 0.4) is 0 Å². The fourth-order valence-corrected chi connectivity index (χ4v) is 6.74. The molecule has 2 amide bonds. The van der Waals surface area contributed by atoms with Crippen LogP contribution in [0.15, 0.2) is 114 Å². The Hall–Kier alpha value is -4.43. The van der Waals surface area contributed by atoms with E-state index in [4.69, 9.17) is 0 Å². The molecule has 46 heavy (non-hydrogen) atoms. The monoisotopic (exact) mass is 639 g/mol. The van der Waals surface area contributed by atoms with Gasteiger partial charge >= 0.3 is 0 Å². The van der Waals surface area contributed by atoms with Crippen LogP contribution in [0, 0.1) is 6.92 Å². The van der Waals surface area contributed by atoms with E-state index in [1.165, 1.54) is 12.1 Å². The number of sulfonamides is 1. The van der Waals surface area contributed by atoms with E-state index in [-0.39, 0.29) is 29.7 Å². The van der Waals surface area contributed by atoms with Gasteiger partial charge in [-0.05, 0) is 65.8 Å². The van der Waals surface area contributed by atoms with Gasteiger partial charge in [-0.1, -0.05) is 112 Å². The molecule has 0 saturated carbocycles. The summed E-state index contributed by atoms with van der Waals surface area (Å²) in [5.41, 5.74) is 4.19. The molecule has 7 nitrogen and oxygen atoms in total. The molecule has 1 N–H and O–H groups in total. The van der Waals surface area contributed by atoms with E-state index in [2.05, 4.69) is 26.1 Å². The normalized spacial score (nSPS) is 12.0. The Morgan fingerprint density at radius 1 is 0.804 bits per heavy atom. The van der Waals surface area contributed by atoms with Crippen molar-refractivity contribution in [2.75, 3.05) is 17.4 Å². The third-order valence-corrected chi connectivity index (χ3v) is 9.95. The molecule has 0 fully saturated rings. The zero-order valence-electron chi connectivity index (χ0n) is 27.2. The number of hydrogen-bond donors (Lipinski definition) is 1. The summed E-state index contributed by atoms with van der Waals surface area (Å²) in [4.78, 5) is 30.1. The van der Waals surface area contributed by atoms with E-state index >= 15 is 0 Å². The second-order valence-electron chi connectivity index (χ2n) is 11.9. The third-order valence-electron chi connectivity index (χ3n) is 8.16. The predicted octanol–water partition coefficient (Wildman–Crippen LogP) is 6.87. The molecule has 0 spiro atoms. The summed E-state index contributed by atoms with van der Waals surface area (Å²) >= 11 is 0. The van der Waals surface area contributed by atoms with Crippen molar-refractivity contribution in [1.29, 1.82) is 0 Å². The molecule has 1 atom stereocenters. The van der Waals surface area contributed by atoms with Crippen LogP contribution >= 0.6 is 0 Å². The average Bonchev–Trinajstić information content (AvgIpc) is 3.06. The van der Waals surface area contributed by atoms with Gasteiger partial charge in [0, 0.05) is 19.5 Å². The van der Waals surface area contributed by atoms with Gasteiger partial charge in [0.25, 0.3) is 10.0 Å². The average molecular weight is 640 g/mol. The lowest BCUT2D eigenvalue weighted by molar-refractivity contribution is -0.140. The van der Waals surface area contributed by atoms with Gasteiger partial charge in [0.2, 0.25) is 11.8 Å². The van der Waals surface area contributed by atoms with E-state index in [9.17, 15) is 18.0 Å². The standard InChI is InChI=1S/C38H45N3O4S/c1-5-6-25-39-38(43)36(26-31-16-9-7-10-17-31)40(27-33-18-14-13-15-30(33)4)37(42)28-41(34-23-21-32(22-24-34)29(2)3)46(44,45)35-19-11-8-12-20-35/h7-24,29,36H,5-6,25-28H2,1-4H3,(H,39,43). The summed E-state index contributed by atoms with van der Waals surface area (Å²) in [6.45, 7) is 8.32. The van der Waals surface area contributed by atoms with E-state index in [0.29, 0.717) is 12.2 Å². The van der Waals surface area contributed by atoms with Crippen molar-refractivity contribution in [3.05, 3.63) is 131 Å². The first-order valence-electron chi connectivity index (χ1n) is 15.9.